The Morgan fingerprint density at radius 1 is 1.20 bits per heavy atom. The fourth-order valence-corrected chi connectivity index (χ4v) is 2.03. The second-order valence-corrected chi connectivity index (χ2v) is 4.23. The number of allylic oxidation sites excluding steroid dienone is 1. The van der Waals surface area contributed by atoms with Crippen molar-refractivity contribution in [3.63, 3.8) is 0 Å². The van der Waals surface area contributed by atoms with Gasteiger partial charge in [0.1, 0.15) is 0 Å². The minimum Gasteiger partial charge on any atom is -0.349 e. The van der Waals surface area contributed by atoms with Gasteiger partial charge in [-0.15, -0.1) is 0 Å². The van der Waals surface area contributed by atoms with Crippen LogP contribution in [0.3, 0.4) is 0 Å². The lowest BCUT2D eigenvalue weighted by molar-refractivity contribution is 0.576. The zero-order valence-electron chi connectivity index (χ0n) is 9.51. The van der Waals surface area contributed by atoms with Gasteiger partial charge < -0.3 is 4.90 Å². The number of benzene rings is 1. The highest BCUT2D eigenvalue weighted by atomic mass is 15.1. The standard InChI is InChI=1S/C14H17N/c1-10-5-8-14-12(3)15(4)11(2)6-7-13(14)9-10/h5,8-9H,2-3,6-7H2,1,4H3. The van der Waals surface area contributed by atoms with Gasteiger partial charge in [-0.25, -0.2) is 0 Å². The lowest BCUT2D eigenvalue weighted by Gasteiger charge is -2.21. The molecule has 0 N–H and O–H groups in total. The molecule has 0 aliphatic carbocycles. The maximum atomic E-state index is 4.14. The van der Waals surface area contributed by atoms with E-state index < -0.39 is 0 Å². The molecule has 0 saturated heterocycles. The molecule has 1 aliphatic heterocycles. The van der Waals surface area contributed by atoms with Gasteiger partial charge in [-0.2, -0.15) is 0 Å². The minimum absolute atomic E-state index is 1.02. The number of nitrogens with zero attached hydrogens (tertiary/aromatic N) is 1. The van der Waals surface area contributed by atoms with Crippen molar-refractivity contribution >= 4 is 5.70 Å². The normalized spacial score (nSPS) is 16.3. The van der Waals surface area contributed by atoms with E-state index >= 15 is 0 Å². The van der Waals surface area contributed by atoms with Gasteiger partial charge >= 0.3 is 0 Å². The van der Waals surface area contributed by atoms with Gasteiger partial charge in [0, 0.05) is 24.0 Å². The number of fused-ring (bicyclic) bond motifs is 1. The molecule has 0 bridgehead atoms. The smallest absolute Gasteiger partial charge is 0.0408 e. The molecule has 1 aromatic carbocycles. The first-order valence-corrected chi connectivity index (χ1v) is 5.30. The summed E-state index contributed by atoms with van der Waals surface area (Å²) in [6.07, 6.45) is 2.09. The van der Waals surface area contributed by atoms with Crippen molar-refractivity contribution in [1.82, 2.24) is 4.90 Å². The summed E-state index contributed by atoms with van der Waals surface area (Å²) in [4.78, 5) is 2.10. The summed E-state index contributed by atoms with van der Waals surface area (Å²) in [6, 6.07) is 6.57. The molecule has 0 atom stereocenters. The van der Waals surface area contributed by atoms with Gasteiger partial charge in [0.05, 0.1) is 0 Å². The lowest BCUT2D eigenvalue weighted by Crippen LogP contribution is -2.12. The van der Waals surface area contributed by atoms with E-state index in [1.165, 1.54) is 16.7 Å². The predicted octanol–water partition coefficient (Wildman–Crippen LogP) is 3.36. The van der Waals surface area contributed by atoms with Crippen LogP contribution in [0.1, 0.15) is 23.1 Å². The van der Waals surface area contributed by atoms with Crippen LogP contribution in [-0.2, 0) is 6.42 Å². The number of hydrogen-bond donors (Lipinski definition) is 0. The van der Waals surface area contributed by atoms with E-state index in [1.807, 2.05) is 7.05 Å². The third-order valence-corrected chi connectivity index (χ3v) is 3.13. The highest BCUT2D eigenvalue weighted by molar-refractivity contribution is 5.67. The van der Waals surface area contributed by atoms with Crippen LogP contribution in [0.15, 0.2) is 37.1 Å². The van der Waals surface area contributed by atoms with E-state index in [-0.39, 0.29) is 0 Å². The van der Waals surface area contributed by atoms with Crippen LogP contribution >= 0.6 is 0 Å². The molecule has 15 heavy (non-hydrogen) atoms. The first-order chi connectivity index (χ1) is 7.09. The monoisotopic (exact) mass is 199 g/mol. The largest absolute Gasteiger partial charge is 0.349 e. The fraction of sp³-hybridized carbons (Fsp3) is 0.286. The van der Waals surface area contributed by atoms with Crippen LogP contribution in [0, 0.1) is 6.92 Å². The van der Waals surface area contributed by atoms with E-state index in [0.717, 1.165) is 24.2 Å². The first kappa shape index (κ1) is 10.0. The van der Waals surface area contributed by atoms with E-state index in [4.69, 9.17) is 0 Å². The molecule has 1 nitrogen and oxygen atoms in total. The van der Waals surface area contributed by atoms with Crippen molar-refractivity contribution in [2.45, 2.75) is 19.8 Å². The Morgan fingerprint density at radius 3 is 2.67 bits per heavy atom. The molecule has 2 rings (SSSR count). The van der Waals surface area contributed by atoms with Crippen molar-refractivity contribution in [2.24, 2.45) is 0 Å². The van der Waals surface area contributed by atoms with Crippen LogP contribution in [0.4, 0.5) is 0 Å². The summed E-state index contributed by atoms with van der Waals surface area (Å²) in [6.45, 7) is 10.3. The molecular weight excluding hydrogens is 182 g/mol. The second-order valence-electron chi connectivity index (χ2n) is 4.23. The van der Waals surface area contributed by atoms with Crippen LogP contribution in [-0.4, -0.2) is 11.9 Å². The highest BCUT2D eigenvalue weighted by Crippen LogP contribution is 2.30. The molecule has 1 heteroatoms. The average molecular weight is 199 g/mol. The summed E-state index contributed by atoms with van der Waals surface area (Å²) in [7, 11) is 2.04. The molecule has 0 radical (unpaired) electrons. The Labute approximate surface area is 91.7 Å². The number of rotatable bonds is 0. The fourth-order valence-electron chi connectivity index (χ4n) is 2.03. The van der Waals surface area contributed by atoms with Gasteiger partial charge in [-0.05, 0) is 25.3 Å². The SMILES string of the molecule is C=C1CCc2cc(C)ccc2C(=C)N1C. The molecular formula is C14H17N. The number of aryl methyl sites for hydroxylation is 2. The Hall–Kier alpha value is -1.50. The summed E-state index contributed by atoms with van der Waals surface area (Å²) < 4.78 is 0. The van der Waals surface area contributed by atoms with Crippen LogP contribution in [0.5, 0.6) is 0 Å². The van der Waals surface area contributed by atoms with Crippen LogP contribution in [0.25, 0.3) is 5.70 Å². The molecule has 0 saturated carbocycles. The van der Waals surface area contributed by atoms with Gasteiger partial charge in [0.2, 0.25) is 0 Å². The van der Waals surface area contributed by atoms with Crippen molar-refractivity contribution in [1.29, 1.82) is 0 Å². The molecule has 1 aromatic rings. The Balaban J connectivity index is 2.52. The average Bonchev–Trinajstić information content (AvgIpc) is 2.32. The molecule has 1 aliphatic rings. The summed E-state index contributed by atoms with van der Waals surface area (Å²) in [5, 5.41) is 0. The molecule has 0 unspecified atom stereocenters. The molecule has 0 aromatic heterocycles. The van der Waals surface area contributed by atoms with E-state index in [0.29, 0.717) is 0 Å². The second kappa shape index (κ2) is 3.58. The summed E-state index contributed by atoms with van der Waals surface area (Å²) in [5.74, 6) is 0. The molecule has 0 amide bonds. The van der Waals surface area contributed by atoms with Gasteiger partial charge in [0.25, 0.3) is 0 Å². The van der Waals surface area contributed by atoms with Gasteiger partial charge in [-0.1, -0.05) is 36.9 Å². The maximum absolute atomic E-state index is 4.14. The Morgan fingerprint density at radius 2 is 1.93 bits per heavy atom. The van der Waals surface area contributed by atoms with E-state index in [2.05, 4.69) is 43.2 Å². The quantitative estimate of drug-likeness (QED) is 0.619. The maximum Gasteiger partial charge on any atom is 0.0408 e. The number of hydrogen-bond acceptors (Lipinski definition) is 1. The molecule has 0 fully saturated rings. The minimum atomic E-state index is 1.02. The lowest BCUT2D eigenvalue weighted by atomic mass is 10.00. The summed E-state index contributed by atoms with van der Waals surface area (Å²) >= 11 is 0. The van der Waals surface area contributed by atoms with Crippen LogP contribution in [0.2, 0.25) is 0 Å². The van der Waals surface area contributed by atoms with Crippen molar-refractivity contribution in [2.75, 3.05) is 7.05 Å². The third kappa shape index (κ3) is 1.70. The molecule has 78 valence electrons. The highest BCUT2D eigenvalue weighted by Gasteiger charge is 2.16. The Kier molecular flexibility index (Phi) is 2.39. The van der Waals surface area contributed by atoms with Crippen molar-refractivity contribution in [3.05, 3.63) is 53.7 Å². The van der Waals surface area contributed by atoms with E-state index in [1.54, 1.807) is 0 Å². The van der Waals surface area contributed by atoms with Crippen molar-refractivity contribution < 1.29 is 0 Å². The first-order valence-electron chi connectivity index (χ1n) is 5.30. The van der Waals surface area contributed by atoms with Crippen molar-refractivity contribution in [3.8, 4) is 0 Å². The topological polar surface area (TPSA) is 3.24 Å². The molecule has 1 heterocycles. The van der Waals surface area contributed by atoms with Crippen LogP contribution < -0.4 is 0 Å². The van der Waals surface area contributed by atoms with Gasteiger partial charge in [-0.3, -0.25) is 0 Å². The predicted molar refractivity (Wildman–Crippen MR) is 65.4 cm³/mol. The molecule has 0 spiro atoms. The zero-order chi connectivity index (χ0) is 11.0. The van der Waals surface area contributed by atoms with Gasteiger partial charge in [0.15, 0.2) is 0 Å². The summed E-state index contributed by atoms with van der Waals surface area (Å²) in [5.41, 5.74) is 6.19. The third-order valence-electron chi connectivity index (χ3n) is 3.13. The zero-order valence-corrected chi connectivity index (χ0v) is 9.51. The Bertz CT molecular complexity index is 429. The van der Waals surface area contributed by atoms with E-state index in [9.17, 15) is 0 Å².